The van der Waals surface area contributed by atoms with Crippen molar-refractivity contribution in [1.82, 2.24) is 0 Å². The van der Waals surface area contributed by atoms with Crippen LogP contribution in [-0.2, 0) is 9.59 Å². The van der Waals surface area contributed by atoms with Crippen molar-refractivity contribution in [2.75, 3.05) is 16.3 Å². The van der Waals surface area contributed by atoms with Crippen molar-refractivity contribution in [3.63, 3.8) is 0 Å². The third-order valence-electron chi connectivity index (χ3n) is 4.04. The van der Waals surface area contributed by atoms with E-state index in [2.05, 4.69) is 0 Å². The predicted molar refractivity (Wildman–Crippen MR) is 102 cm³/mol. The van der Waals surface area contributed by atoms with E-state index in [4.69, 9.17) is 0 Å². The third kappa shape index (κ3) is 3.57. The highest BCUT2D eigenvalue weighted by atomic mass is 32.2. The first-order chi connectivity index (χ1) is 12.4. The highest BCUT2D eigenvalue weighted by molar-refractivity contribution is 8.16. The zero-order chi connectivity index (χ0) is 18.8. The normalized spacial score (nSPS) is 16.8. The molecule has 1 heterocycles. The van der Waals surface area contributed by atoms with E-state index in [9.17, 15) is 19.5 Å². The van der Waals surface area contributed by atoms with Crippen LogP contribution in [0, 0.1) is 13.8 Å². The van der Waals surface area contributed by atoms with Crippen molar-refractivity contribution in [2.24, 2.45) is 0 Å². The SMILES string of the molecule is Cc1ccc(N2C(=O)S[C@@H](N(CC(=O)O)c3cccc(C)c3)C2=O)cc1. The minimum Gasteiger partial charge on any atom is -0.480 e. The van der Waals surface area contributed by atoms with Gasteiger partial charge in [-0.1, -0.05) is 29.8 Å². The second kappa shape index (κ2) is 7.21. The molecule has 0 bridgehead atoms. The molecular formula is C19H18N2O4S. The van der Waals surface area contributed by atoms with Crippen LogP contribution < -0.4 is 9.80 Å². The molecule has 0 spiro atoms. The zero-order valence-electron chi connectivity index (χ0n) is 14.4. The molecule has 1 N–H and O–H groups in total. The summed E-state index contributed by atoms with van der Waals surface area (Å²) >= 11 is 0.832. The number of hydrogen-bond acceptors (Lipinski definition) is 5. The van der Waals surface area contributed by atoms with Gasteiger partial charge >= 0.3 is 5.97 Å². The van der Waals surface area contributed by atoms with Gasteiger partial charge in [0.15, 0.2) is 5.37 Å². The molecule has 0 unspecified atom stereocenters. The first kappa shape index (κ1) is 18.0. The first-order valence-electron chi connectivity index (χ1n) is 8.03. The van der Waals surface area contributed by atoms with E-state index in [1.54, 1.807) is 30.3 Å². The molecule has 26 heavy (non-hydrogen) atoms. The lowest BCUT2D eigenvalue weighted by atomic mass is 10.2. The number of benzene rings is 2. The molecule has 0 radical (unpaired) electrons. The van der Waals surface area contributed by atoms with Gasteiger partial charge in [0.1, 0.15) is 6.54 Å². The van der Waals surface area contributed by atoms with E-state index >= 15 is 0 Å². The van der Waals surface area contributed by atoms with Crippen LogP contribution in [0.1, 0.15) is 11.1 Å². The molecule has 3 rings (SSSR count). The van der Waals surface area contributed by atoms with Crippen molar-refractivity contribution < 1.29 is 19.5 Å². The van der Waals surface area contributed by atoms with Gasteiger partial charge in [-0.05, 0) is 55.4 Å². The van der Waals surface area contributed by atoms with Crippen molar-refractivity contribution >= 4 is 40.3 Å². The number of amides is 2. The molecule has 0 saturated carbocycles. The van der Waals surface area contributed by atoms with E-state index < -0.39 is 22.5 Å². The van der Waals surface area contributed by atoms with Crippen LogP contribution in [-0.4, -0.2) is 34.1 Å². The molecule has 2 amide bonds. The van der Waals surface area contributed by atoms with Gasteiger partial charge in [-0.3, -0.25) is 14.4 Å². The van der Waals surface area contributed by atoms with Gasteiger partial charge in [0.2, 0.25) is 0 Å². The molecule has 0 aromatic heterocycles. The fraction of sp³-hybridized carbons (Fsp3) is 0.211. The van der Waals surface area contributed by atoms with Crippen LogP contribution in [0.4, 0.5) is 16.2 Å². The Morgan fingerprint density at radius 2 is 1.81 bits per heavy atom. The Labute approximate surface area is 155 Å². The molecule has 2 aromatic carbocycles. The van der Waals surface area contributed by atoms with Crippen LogP contribution in [0.15, 0.2) is 48.5 Å². The van der Waals surface area contributed by atoms with Crippen LogP contribution in [0.3, 0.4) is 0 Å². The van der Waals surface area contributed by atoms with Crippen LogP contribution in [0.2, 0.25) is 0 Å². The number of carbonyl (C=O) groups excluding carboxylic acids is 2. The van der Waals surface area contributed by atoms with Gasteiger partial charge in [-0.25, -0.2) is 4.90 Å². The van der Waals surface area contributed by atoms with Gasteiger partial charge in [0.25, 0.3) is 11.1 Å². The van der Waals surface area contributed by atoms with Crippen LogP contribution in [0.5, 0.6) is 0 Å². The molecule has 1 saturated heterocycles. The second-order valence-electron chi connectivity index (χ2n) is 6.11. The summed E-state index contributed by atoms with van der Waals surface area (Å²) < 4.78 is 0. The number of carboxylic acid groups (broad SMARTS) is 1. The monoisotopic (exact) mass is 370 g/mol. The Kier molecular flexibility index (Phi) is 4.99. The summed E-state index contributed by atoms with van der Waals surface area (Å²) in [5, 5.41) is 7.95. The summed E-state index contributed by atoms with van der Waals surface area (Å²) in [6.07, 6.45) is 0. The number of aliphatic carboxylic acids is 1. The predicted octanol–water partition coefficient (Wildman–Crippen LogP) is 3.42. The molecule has 7 heteroatoms. The molecule has 1 aliphatic heterocycles. The average molecular weight is 370 g/mol. The molecule has 6 nitrogen and oxygen atoms in total. The van der Waals surface area contributed by atoms with Crippen molar-refractivity contribution in [3.8, 4) is 0 Å². The Morgan fingerprint density at radius 1 is 1.12 bits per heavy atom. The molecule has 0 aliphatic carbocycles. The van der Waals surface area contributed by atoms with E-state index in [1.165, 1.54) is 4.90 Å². The molecule has 1 atom stereocenters. The van der Waals surface area contributed by atoms with E-state index in [0.29, 0.717) is 11.4 Å². The van der Waals surface area contributed by atoms with Crippen molar-refractivity contribution in [1.29, 1.82) is 0 Å². The second-order valence-corrected chi connectivity index (χ2v) is 7.14. The standard InChI is InChI=1S/C19H18N2O4S/c1-12-6-8-14(9-7-12)21-17(24)18(26-19(21)25)20(11-16(22)23)15-5-3-4-13(2)10-15/h3-10,18H,11H2,1-2H3,(H,22,23)/t18-/m1/s1. The van der Waals surface area contributed by atoms with Gasteiger partial charge in [-0.15, -0.1) is 0 Å². The number of thioether (sulfide) groups is 1. The third-order valence-corrected chi connectivity index (χ3v) is 5.10. The number of anilines is 2. The molecule has 2 aromatic rings. The smallest absolute Gasteiger partial charge is 0.323 e. The summed E-state index contributed by atoms with van der Waals surface area (Å²) in [7, 11) is 0. The number of carbonyl (C=O) groups is 3. The maximum absolute atomic E-state index is 12.9. The number of rotatable bonds is 5. The largest absolute Gasteiger partial charge is 0.480 e. The highest BCUT2D eigenvalue weighted by Gasteiger charge is 2.44. The number of nitrogens with zero attached hydrogens (tertiary/aromatic N) is 2. The first-order valence-corrected chi connectivity index (χ1v) is 8.91. The Bertz CT molecular complexity index is 866. The minimum absolute atomic E-state index is 0.373. The summed E-state index contributed by atoms with van der Waals surface area (Å²) in [6, 6.07) is 14.3. The summed E-state index contributed by atoms with van der Waals surface area (Å²) in [6.45, 7) is 3.43. The van der Waals surface area contributed by atoms with E-state index in [-0.39, 0.29) is 6.54 Å². The number of aryl methyl sites for hydroxylation is 2. The summed E-state index contributed by atoms with van der Waals surface area (Å²) in [5.41, 5.74) is 3.04. The number of imide groups is 1. The van der Waals surface area contributed by atoms with Crippen molar-refractivity contribution in [3.05, 3.63) is 59.7 Å². The maximum Gasteiger partial charge on any atom is 0.323 e. The number of hydrogen-bond donors (Lipinski definition) is 1. The summed E-state index contributed by atoms with van der Waals surface area (Å²) in [5.74, 6) is -1.51. The van der Waals surface area contributed by atoms with Gasteiger partial charge in [-0.2, -0.15) is 0 Å². The lowest BCUT2D eigenvalue weighted by Crippen LogP contribution is -2.44. The van der Waals surface area contributed by atoms with Gasteiger partial charge in [0, 0.05) is 5.69 Å². The average Bonchev–Trinajstić information content (AvgIpc) is 2.88. The fourth-order valence-electron chi connectivity index (χ4n) is 2.78. The lowest BCUT2D eigenvalue weighted by molar-refractivity contribution is -0.135. The van der Waals surface area contributed by atoms with Gasteiger partial charge in [0.05, 0.1) is 5.69 Å². The van der Waals surface area contributed by atoms with Crippen LogP contribution in [0.25, 0.3) is 0 Å². The highest BCUT2D eigenvalue weighted by Crippen LogP contribution is 2.36. The topological polar surface area (TPSA) is 77.9 Å². The van der Waals surface area contributed by atoms with Crippen molar-refractivity contribution in [2.45, 2.75) is 19.2 Å². The number of carboxylic acids is 1. The molecular weight excluding hydrogens is 352 g/mol. The molecule has 134 valence electrons. The lowest BCUT2D eigenvalue weighted by Gasteiger charge is -2.27. The van der Waals surface area contributed by atoms with Crippen LogP contribution >= 0.6 is 11.8 Å². The maximum atomic E-state index is 12.9. The zero-order valence-corrected chi connectivity index (χ0v) is 15.2. The van der Waals surface area contributed by atoms with Gasteiger partial charge < -0.3 is 10.0 Å². The Balaban J connectivity index is 1.95. The molecule has 1 fully saturated rings. The quantitative estimate of drug-likeness (QED) is 0.869. The van der Waals surface area contributed by atoms with E-state index in [1.807, 2.05) is 32.0 Å². The Morgan fingerprint density at radius 3 is 2.42 bits per heavy atom. The summed E-state index contributed by atoms with van der Waals surface area (Å²) in [4.78, 5) is 39.3. The molecule has 1 aliphatic rings. The fourth-order valence-corrected chi connectivity index (χ4v) is 3.81. The minimum atomic E-state index is -1.07. The van der Waals surface area contributed by atoms with E-state index in [0.717, 1.165) is 27.8 Å². The Hall–Kier alpha value is -2.80.